The summed E-state index contributed by atoms with van der Waals surface area (Å²) in [7, 11) is -3.30. The average Bonchev–Trinajstić information content (AvgIpc) is 2.41. The van der Waals surface area contributed by atoms with Gasteiger partial charge in [0.15, 0.2) is 0 Å². The van der Waals surface area contributed by atoms with Crippen LogP contribution in [0.4, 0.5) is 0 Å². The number of piperazine rings is 1. The van der Waals surface area contributed by atoms with Crippen LogP contribution in [0.3, 0.4) is 0 Å². The van der Waals surface area contributed by atoms with Crippen LogP contribution in [0.5, 0.6) is 0 Å². The molecule has 0 atom stereocenters. The molecule has 0 amide bonds. The highest BCUT2D eigenvalue weighted by Crippen LogP contribution is 2.13. The first-order valence-corrected chi connectivity index (χ1v) is 8.19. The molecule has 2 saturated heterocycles. The maximum absolute atomic E-state index is 12.4. The zero-order chi connectivity index (χ0) is 13.0. The SMILES string of the molecule is O=S(=O)(N1CCOCC1)N1CCN(CCCl)CC1. The van der Waals surface area contributed by atoms with Gasteiger partial charge in [0.05, 0.1) is 13.2 Å². The second-order valence-corrected chi connectivity index (χ2v) is 6.76. The number of morpholine rings is 1. The molecular formula is C10H20ClN3O3S. The third-order valence-corrected chi connectivity index (χ3v) is 5.56. The molecule has 2 rings (SSSR count). The summed E-state index contributed by atoms with van der Waals surface area (Å²) >= 11 is 5.69. The summed E-state index contributed by atoms with van der Waals surface area (Å²) < 4.78 is 33.0. The summed E-state index contributed by atoms with van der Waals surface area (Å²) in [6.07, 6.45) is 0. The minimum Gasteiger partial charge on any atom is -0.379 e. The van der Waals surface area contributed by atoms with E-state index in [-0.39, 0.29) is 0 Å². The normalized spacial score (nSPS) is 25.4. The summed E-state index contributed by atoms with van der Waals surface area (Å²) in [6, 6.07) is 0. The van der Waals surface area contributed by atoms with Crippen molar-refractivity contribution in [2.75, 3.05) is 64.9 Å². The predicted molar refractivity (Wildman–Crippen MR) is 70.0 cm³/mol. The first kappa shape index (κ1) is 14.5. The van der Waals surface area contributed by atoms with Crippen LogP contribution in [0.1, 0.15) is 0 Å². The topological polar surface area (TPSA) is 53.1 Å². The van der Waals surface area contributed by atoms with Crippen LogP contribution in [0.25, 0.3) is 0 Å². The maximum Gasteiger partial charge on any atom is 0.282 e. The lowest BCUT2D eigenvalue weighted by Crippen LogP contribution is -2.55. The maximum atomic E-state index is 12.4. The van der Waals surface area contributed by atoms with Crippen LogP contribution in [-0.4, -0.2) is 86.8 Å². The summed E-state index contributed by atoms with van der Waals surface area (Å²) in [5, 5.41) is 0. The van der Waals surface area contributed by atoms with E-state index in [2.05, 4.69) is 4.90 Å². The van der Waals surface area contributed by atoms with Crippen molar-refractivity contribution in [2.45, 2.75) is 0 Å². The van der Waals surface area contributed by atoms with Crippen molar-refractivity contribution in [2.24, 2.45) is 0 Å². The van der Waals surface area contributed by atoms with Crippen molar-refractivity contribution in [3.63, 3.8) is 0 Å². The Bertz CT molecular complexity index is 351. The van der Waals surface area contributed by atoms with Gasteiger partial charge in [0.25, 0.3) is 10.2 Å². The predicted octanol–water partition coefficient (Wildman–Crippen LogP) is -0.580. The van der Waals surface area contributed by atoms with Gasteiger partial charge in [-0.05, 0) is 0 Å². The van der Waals surface area contributed by atoms with Gasteiger partial charge in [0, 0.05) is 51.7 Å². The van der Waals surface area contributed by atoms with Gasteiger partial charge < -0.3 is 4.74 Å². The van der Waals surface area contributed by atoms with Crippen molar-refractivity contribution in [1.29, 1.82) is 0 Å². The van der Waals surface area contributed by atoms with Crippen LogP contribution in [-0.2, 0) is 14.9 Å². The lowest BCUT2D eigenvalue weighted by molar-refractivity contribution is 0.0686. The van der Waals surface area contributed by atoms with Crippen LogP contribution < -0.4 is 0 Å². The molecule has 18 heavy (non-hydrogen) atoms. The largest absolute Gasteiger partial charge is 0.379 e. The van der Waals surface area contributed by atoms with Crippen molar-refractivity contribution in [3.8, 4) is 0 Å². The van der Waals surface area contributed by atoms with Gasteiger partial charge in [-0.3, -0.25) is 4.90 Å². The average molecular weight is 298 g/mol. The van der Waals surface area contributed by atoms with Crippen LogP contribution in [0, 0.1) is 0 Å². The van der Waals surface area contributed by atoms with Crippen molar-refractivity contribution in [3.05, 3.63) is 0 Å². The fourth-order valence-electron chi connectivity index (χ4n) is 2.24. The highest BCUT2D eigenvalue weighted by Gasteiger charge is 2.32. The Balaban J connectivity index is 1.91. The van der Waals surface area contributed by atoms with E-state index in [4.69, 9.17) is 16.3 Å². The minimum atomic E-state index is -3.30. The van der Waals surface area contributed by atoms with E-state index in [1.54, 1.807) is 4.31 Å². The molecule has 0 bridgehead atoms. The van der Waals surface area contributed by atoms with E-state index < -0.39 is 10.2 Å². The molecule has 0 aromatic carbocycles. The number of alkyl halides is 1. The molecule has 0 aliphatic carbocycles. The van der Waals surface area contributed by atoms with Crippen LogP contribution >= 0.6 is 11.6 Å². The number of hydrogen-bond acceptors (Lipinski definition) is 4. The number of ether oxygens (including phenoxy) is 1. The quantitative estimate of drug-likeness (QED) is 0.652. The number of halogens is 1. The highest BCUT2D eigenvalue weighted by atomic mass is 35.5. The van der Waals surface area contributed by atoms with Gasteiger partial charge in [0.1, 0.15) is 0 Å². The minimum absolute atomic E-state index is 0.463. The second-order valence-electron chi connectivity index (χ2n) is 4.45. The molecule has 2 heterocycles. The van der Waals surface area contributed by atoms with Crippen molar-refractivity contribution >= 4 is 21.8 Å². The molecule has 0 N–H and O–H groups in total. The zero-order valence-electron chi connectivity index (χ0n) is 10.4. The Morgan fingerprint density at radius 1 is 0.944 bits per heavy atom. The summed E-state index contributed by atoms with van der Waals surface area (Å²) in [5.41, 5.74) is 0. The molecule has 0 aromatic rings. The Morgan fingerprint density at radius 3 is 2.06 bits per heavy atom. The molecule has 0 spiro atoms. The molecule has 8 heteroatoms. The molecule has 0 saturated carbocycles. The second kappa shape index (κ2) is 6.49. The van der Waals surface area contributed by atoms with E-state index in [1.807, 2.05) is 0 Å². The number of rotatable bonds is 4. The van der Waals surface area contributed by atoms with E-state index in [0.29, 0.717) is 45.3 Å². The molecule has 0 aromatic heterocycles. The lowest BCUT2D eigenvalue weighted by atomic mass is 10.4. The molecule has 2 aliphatic rings. The fraction of sp³-hybridized carbons (Fsp3) is 1.00. The first-order valence-electron chi connectivity index (χ1n) is 6.26. The zero-order valence-corrected chi connectivity index (χ0v) is 12.0. The third kappa shape index (κ3) is 3.34. The van der Waals surface area contributed by atoms with Crippen molar-refractivity contribution in [1.82, 2.24) is 13.5 Å². The molecule has 6 nitrogen and oxygen atoms in total. The lowest BCUT2D eigenvalue weighted by Gasteiger charge is -2.37. The van der Waals surface area contributed by atoms with E-state index in [0.717, 1.165) is 19.6 Å². The Kier molecular flexibility index (Phi) is 5.23. The van der Waals surface area contributed by atoms with Gasteiger partial charge in [-0.1, -0.05) is 0 Å². The van der Waals surface area contributed by atoms with E-state index in [9.17, 15) is 8.42 Å². The monoisotopic (exact) mass is 297 g/mol. The molecule has 2 fully saturated rings. The summed E-state index contributed by atoms with van der Waals surface area (Å²) in [6.45, 7) is 5.36. The van der Waals surface area contributed by atoms with Gasteiger partial charge in [0.2, 0.25) is 0 Å². The van der Waals surface area contributed by atoms with Crippen LogP contribution in [0.15, 0.2) is 0 Å². The molecule has 106 valence electrons. The number of hydrogen-bond donors (Lipinski definition) is 0. The molecule has 0 radical (unpaired) electrons. The summed E-state index contributed by atoms with van der Waals surface area (Å²) in [5.74, 6) is 0.593. The molecular weight excluding hydrogens is 278 g/mol. The van der Waals surface area contributed by atoms with E-state index >= 15 is 0 Å². The van der Waals surface area contributed by atoms with Gasteiger partial charge in [-0.25, -0.2) is 0 Å². The Morgan fingerprint density at radius 2 is 1.50 bits per heavy atom. The standard InChI is InChI=1S/C10H20ClN3O3S/c11-1-2-12-3-5-13(6-4-12)18(15,16)14-7-9-17-10-8-14/h1-10H2. The fourth-order valence-corrected chi connectivity index (χ4v) is 4.04. The van der Waals surface area contributed by atoms with Gasteiger partial charge in [-0.2, -0.15) is 17.0 Å². The Labute approximate surface area is 114 Å². The first-order chi connectivity index (χ1) is 8.64. The van der Waals surface area contributed by atoms with E-state index in [1.165, 1.54) is 4.31 Å². The van der Waals surface area contributed by atoms with Crippen molar-refractivity contribution < 1.29 is 13.2 Å². The molecule has 0 unspecified atom stereocenters. The number of nitrogens with zero attached hydrogens (tertiary/aromatic N) is 3. The smallest absolute Gasteiger partial charge is 0.282 e. The third-order valence-electron chi connectivity index (χ3n) is 3.35. The highest BCUT2D eigenvalue weighted by molar-refractivity contribution is 7.86. The molecule has 2 aliphatic heterocycles. The van der Waals surface area contributed by atoms with Crippen LogP contribution in [0.2, 0.25) is 0 Å². The van der Waals surface area contributed by atoms with Gasteiger partial charge >= 0.3 is 0 Å². The Hall–Kier alpha value is 0.0800. The summed E-state index contributed by atoms with van der Waals surface area (Å²) in [4.78, 5) is 2.19. The van der Waals surface area contributed by atoms with Gasteiger partial charge in [-0.15, -0.1) is 11.6 Å².